The predicted molar refractivity (Wildman–Crippen MR) is 67.7 cm³/mol. The van der Waals surface area contributed by atoms with Crippen molar-refractivity contribution in [2.24, 2.45) is 0 Å². The van der Waals surface area contributed by atoms with E-state index in [1.54, 1.807) is 11.0 Å². The average molecular weight is 274 g/mol. The highest BCUT2D eigenvalue weighted by Gasteiger charge is 2.22. The average Bonchev–Trinajstić information content (AvgIpc) is 2.32. The number of likely N-dealkylation sites (N-methyl/N-ethyl adjacent to an activating group) is 1. The predicted octanol–water partition coefficient (Wildman–Crippen LogP) is 1.78. The maximum absolute atomic E-state index is 12.2. The van der Waals surface area contributed by atoms with Crippen molar-refractivity contribution in [2.75, 3.05) is 33.2 Å². The van der Waals surface area contributed by atoms with Crippen molar-refractivity contribution in [1.29, 1.82) is 0 Å². The first-order valence-corrected chi connectivity index (χ1v) is 6.12. The van der Waals surface area contributed by atoms with Crippen molar-refractivity contribution >= 4 is 29.1 Å². The molecular formula is C11H13Cl2N3O. The van der Waals surface area contributed by atoms with Gasteiger partial charge in [0, 0.05) is 32.4 Å². The highest BCUT2D eigenvalue weighted by atomic mass is 35.5. The SMILES string of the molecule is CN1CCN(C(=O)c2cc(Cl)cnc2Cl)CC1. The molecule has 1 aromatic heterocycles. The molecule has 0 radical (unpaired) electrons. The van der Waals surface area contributed by atoms with Crippen molar-refractivity contribution in [1.82, 2.24) is 14.8 Å². The topological polar surface area (TPSA) is 36.4 Å². The summed E-state index contributed by atoms with van der Waals surface area (Å²) in [6.07, 6.45) is 1.44. The molecule has 0 atom stereocenters. The molecule has 2 heterocycles. The van der Waals surface area contributed by atoms with Gasteiger partial charge in [0.25, 0.3) is 5.91 Å². The van der Waals surface area contributed by atoms with Crippen molar-refractivity contribution in [2.45, 2.75) is 0 Å². The smallest absolute Gasteiger partial charge is 0.257 e. The summed E-state index contributed by atoms with van der Waals surface area (Å²) in [6, 6.07) is 1.57. The first-order chi connectivity index (χ1) is 8.08. The lowest BCUT2D eigenvalue weighted by molar-refractivity contribution is 0.0664. The van der Waals surface area contributed by atoms with Gasteiger partial charge < -0.3 is 9.80 Å². The van der Waals surface area contributed by atoms with Crippen LogP contribution in [-0.2, 0) is 0 Å². The van der Waals surface area contributed by atoms with Gasteiger partial charge in [-0.05, 0) is 13.1 Å². The van der Waals surface area contributed by atoms with Crippen LogP contribution in [0.1, 0.15) is 10.4 Å². The van der Waals surface area contributed by atoms with Crippen LogP contribution < -0.4 is 0 Å². The van der Waals surface area contributed by atoms with E-state index in [-0.39, 0.29) is 11.1 Å². The summed E-state index contributed by atoms with van der Waals surface area (Å²) < 4.78 is 0. The van der Waals surface area contributed by atoms with E-state index in [1.807, 2.05) is 7.05 Å². The second-order valence-corrected chi connectivity index (χ2v) is 4.88. The number of halogens is 2. The molecule has 0 unspecified atom stereocenters. The maximum atomic E-state index is 12.2. The van der Waals surface area contributed by atoms with Crippen LogP contribution in [0.3, 0.4) is 0 Å². The highest BCUT2D eigenvalue weighted by Crippen LogP contribution is 2.19. The minimum absolute atomic E-state index is 0.0990. The van der Waals surface area contributed by atoms with Crippen LogP contribution in [-0.4, -0.2) is 53.9 Å². The van der Waals surface area contributed by atoms with Gasteiger partial charge in [0.1, 0.15) is 5.15 Å². The molecule has 17 heavy (non-hydrogen) atoms. The molecule has 92 valence electrons. The van der Waals surface area contributed by atoms with E-state index in [1.165, 1.54) is 6.20 Å². The van der Waals surface area contributed by atoms with Gasteiger partial charge >= 0.3 is 0 Å². The summed E-state index contributed by atoms with van der Waals surface area (Å²) in [5.41, 5.74) is 0.378. The number of hydrogen-bond acceptors (Lipinski definition) is 3. The minimum atomic E-state index is -0.0990. The normalized spacial score (nSPS) is 17.2. The van der Waals surface area contributed by atoms with Crippen LogP contribution in [0, 0.1) is 0 Å². The maximum Gasteiger partial charge on any atom is 0.257 e. The zero-order chi connectivity index (χ0) is 12.4. The van der Waals surface area contributed by atoms with Crippen molar-refractivity contribution in [3.8, 4) is 0 Å². The number of hydrogen-bond donors (Lipinski definition) is 0. The lowest BCUT2D eigenvalue weighted by Gasteiger charge is -2.32. The Bertz CT molecular complexity index is 431. The number of piperazine rings is 1. The molecule has 0 spiro atoms. The lowest BCUT2D eigenvalue weighted by atomic mass is 10.2. The first kappa shape index (κ1) is 12.6. The Morgan fingerprint density at radius 2 is 1.94 bits per heavy atom. The van der Waals surface area contributed by atoms with E-state index in [0.29, 0.717) is 23.7 Å². The number of carbonyl (C=O) groups is 1. The summed E-state index contributed by atoms with van der Waals surface area (Å²) in [4.78, 5) is 20.0. The van der Waals surface area contributed by atoms with Gasteiger partial charge in [-0.2, -0.15) is 0 Å². The highest BCUT2D eigenvalue weighted by molar-refractivity contribution is 6.34. The quantitative estimate of drug-likeness (QED) is 0.732. The summed E-state index contributed by atoms with van der Waals surface area (Å²) in [5, 5.41) is 0.630. The Hall–Kier alpha value is -0.840. The molecule has 0 aliphatic carbocycles. The molecule has 0 bridgehead atoms. The number of amides is 1. The number of rotatable bonds is 1. The van der Waals surface area contributed by atoms with Gasteiger partial charge in [-0.15, -0.1) is 0 Å². The molecule has 1 amide bonds. The Morgan fingerprint density at radius 3 is 2.59 bits per heavy atom. The Morgan fingerprint density at radius 1 is 1.29 bits per heavy atom. The molecule has 0 N–H and O–H groups in total. The van der Waals surface area contributed by atoms with Gasteiger partial charge in [-0.3, -0.25) is 4.79 Å². The third-order valence-corrected chi connectivity index (χ3v) is 3.33. The molecule has 2 rings (SSSR count). The van der Waals surface area contributed by atoms with Gasteiger partial charge in [-0.1, -0.05) is 23.2 Å². The van der Waals surface area contributed by atoms with Gasteiger partial charge in [0.2, 0.25) is 0 Å². The molecule has 1 aliphatic heterocycles. The zero-order valence-electron chi connectivity index (χ0n) is 9.49. The summed E-state index contributed by atoms with van der Waals surface area (Å²) in [5.74, 6) is -0.0990. The minimum Gasteiger partial charge on any atom is -0.336 e. The van der Waals surface area contributed by atoms with Gasteiger partial charge in [0.15, 0.2) is 0 Å². The lowest BCUT2D eigenvalue weighted by Crippen LogP contribution is -2.47. The molecule has 0 aromatic carbocycles. The van der Waals surface area contributed by atoms with Gasteiger partial charge in [0.05, 0.1) is 10.6 Å². The monoisotopic (exact) mass is 273 g/mol. The number of aromatic nitrogens is 1. The van der Waals surface area contributed by atoms with Crippen LogP contribution in [0.15, 0.2) is 12.3 Å². The number of carbonyl (C=O) groups excluding carboxylic acids is 1. The van der Waals surface area contributed by atoms with E-state index in [0.717, 1.165) is 13.1 Å². The van der Waals surface area contributed by atoms with Crippen LogP contribution in [0.4, 0.5) is 0 Å². The van der Waals surface area contributed by atoms with E-state index in [9.17, 15) is 4.79 Å². The Balaban J connectivity index is 2.16. The van der Waals surface area contributed by atoms with Crippen LogP contribution in [0.25, 0.3) is 0 Å². The van der Waals surface area contributed by atoms with Crippen LogP contribution in [0.5, 0.6) is 0 Å². The van der Waals surface area contributed by atoms with Crippen LogP contribution in [0.2, 0.25) is 10.2 Å². The molecule has 1 aliphatic rings. The number of nitrogens with zero attached hydrogens (tertiary/aromatic N) is 3. The fourth-order valence-corrected chi connectivity index (χ4v) is 2.09. The van der Waals surface area contributed by atoms with Crippen molar-refractivity contribution < 1.29 is 4.79 Å². The standard InChI is InChI=1S/C11H13Cl2N3O/c1-15-2-4-16(5-3-15)11(17)9-6-8(12)7-14-10(9)13/h6-7H,2-5H2,1H3. The molecule has 1 aromatic rings. The van der Waals surface area contributed by atoms with Crippen LogP contribution >= 0.6 is 23.2 Å². The largest absolute Gasteiger partial charge is 0.336 e. The summed E-state index contributed by atoms with van der Waals surface area (Å²) in [6.45, 7) is 3.16. The molecule has 1 saturated heterocycles. The van der Waals surface area contributed by atoms with E-state index in [4.69, 9.17) is 23.2 Å². The number of pyridine rings is 1. The Labute approximate surface area is 110 Å². The second kappa shape index (κ2) is 5.21. The third-order valence-electron chi connectivity index (χ3n) is 2.83. The molecule has 6 heteroatoms. The molecule has 1 fully saturated rings. The van der Waals surface area contributed by atoms with Crippen molar-refractivity contribution in [3.05, 3.63) is 28.0 Å². The fourth-order valence-electron chi connectivity index (χ4n) is 1.75. The molecule has 4 nitrogen and oxygen atoms in total. The summed E-state index contributed by atoms with van der Waals surface area (Å²) in [7, 11) is 2.04. The van der Waals surface area contributed by atoms with E-state index >= 15 is 0 Å². The zero-order valence-corrected chi connectivity index (χ0v) is 11.0. The fraction of sp³-hybridized carbons (Fsp3) is 0.455. The molecular weight excluding hydrogens is 261 g/mol. The second-order valence-electron chi connectivity index (χ2n) is 4.09. The Kier molecular flexibility index (Phi) is 3.86. The first-order valence-electron chi connectivity index (χ1n) is 5.37. The van der Waals surface area contributed by atoms with Gasteiger partial charge in [-0.25, -0.2) is 4.98 Å². The molecule has 0 saturated carbocycles. The van der Waals surface area contributed by atoms with E-state index < -0.39 is 0 Å². The van der Waals surface area contributed by atoms with Crippen molar-refractivity contribution in [3.63, 3.8) is 0 Å². The summed E-state index contributed by atoms with van der Waals surface area (Å²) >= 11 is 11.7. The third kappa shape index (κ3) is 2.89. The van der Waals surface area contributed by atoms with E-state index in [2.05, 4.69) is 9.88 Å².